The molecule has 2 aromatic rings. The molecule has 1 aromatic carbocycles. The van der Waals surface area contributed by atoms with E-state index in [9.17, 15) is 9.59 Å². The van der Waals surface area contributed by atoms with Crippen LogP contribution in [0.2, 0.25) is 0 Å². The first-order valence-corrected chi connectivity index (χ1v) is 11.5. The molecule has 0 aliphatic carbocycles. The number of urea groups is 1. The van der Waals surface area contributed by atoms with Gasteiger partial charge in [-0.2, -0.15) is 4.98 Å². The molecule has 182 valence electrons. The van der Waals surface area contributed by atoms with Gasteiger partial charge in [0.15, 0.2) is 0 Å². The fourth-order valence-corrected chi connectivity index (χ4v) is 4.31. The Hall–Kier alpha value is -4.21. The van der Waals surface area contributed by atoms with E-state index in [-0.39, 0.29) is 18.0 Å². The van der Waals surface area contributed by atoms with Crippen LogP contribution in [0.5, 0.6) is 0 Å². The Morgan fingerprint density at radius 3 is 2.80 bits per heavy atom. The number of allylic oxidation sites excluding steroid dienone is 2. The largest absolute Gasteiger partial charge is 0.401 e. The van der Waals surface area contributed by atoms with E-state index in [4.69, 9.17) is 10.7 Å². The zero-order valence-corrected chi connectivity index (χ0v) is 20.0. The molecule has 1 atom stereocenters. The average Bonchev–Trinajstić information content (AvgIpc) is 3.34. The summed E-state index contributed by atoms with van der Waals surface area (Å²) in [5.41, 5.74) is 8.94. The number of amides is 3. The van der Waals surface area contributed by atoms with Crippen LogP contribution < -0.4 is 16.0 Å². The molecule has 1 fully saturated rings. The van der Waals surface area contributed by atoms with Gasteiger partial charge in [-0.05, 0) is 25.0 Å². The number of aliphatic imine (C=N–C) groups is 1. The van der Waals surface area contributed by atoms with Crippen LogP contribution in [0.3, 0.4) is 0 Å². The van der Waals surface area contributed by atoms with Gasteiger partial charge < -0.3 is 20.9 Å². The van der Waals surface area contributed by atoms with Gasteiger partial charge in [0.1, 0.15) is 5.82 Å². The Morgan fingerprint density at radius 1 is 1.34 bits per heavy atom. The number of fused-ring (bicyclic) bond motifs is 1. The number of nitrogens with two attached hydrogens (primary N) is 1. The second kappa shape index (κ2) is 10.4. The smallest absolute Gasteiger partial charge is 0.326 e. The van der Waals surface area contributed by atoms with Crippen molar-refractivity contribution in [2.24, 2.45) is 10.7 Å². The number of carbonyl (C=O) groups excluding carboxylic acids is 2. The molecule has 0 radical (unpaired) electrons. The van der Waals surface area contributed by atoms with Gasteiger partial charge in [0.2, 0.25) is 11.9 Å². The van der Waals surface area contributed by atoms with Crippen molar-refractivity contribution in [1.29, 1.82) is 0 Å². The molecule has 2 aliphatic rings. The van der Waals surface area contributed by atoms with Crippen molar-refractivity contribution in [1.82, 2.24) is 19.8 Å². The SMILES string of the molecule is C=CC(=O)N1CC[C@@H](N2C(=O)N(Cc3ccccc3)Cc3cnc(N/C(C=NC)=C(\C)N)nc32)C1. The quantitative estimate of drug-likeness (QED) is 0.470. The molecule has 0 saturated carbocycles. The fourth-order valence-electron chi connectivity index (χ4n) is 4.31. The maximum Gasteiger partial charge on any atom is 0.326 e. The Morgan fingerprint density at radius 2 is 2.11 bits per heavy atom. The van der Waals surface area contributed by atoms with E-state index in [1.807, 2.05) is 30.3 Å². The maximum absolute atomic E-state index is 13.8. The summed E-state index contributed by atoms with van der Waals surface area (Å²) in [5.74, 6) is 0.711. The fraction of sp³-hybridized carbons (Fsp3) is 0.320. The number of hydrogen-bond acceptors (Lipinski definition) is 7. The molecule has 0 unspecified atom stereocenters. The number of aromatic nitrogens is 2. The van der Waals surface area contributed by atoms with Crippen molar-refractivity contribution < 1.29 is 9.59 Å². The van der Waals surface area contributed by atoms with Crippen LogP contribution in [0.4, 0.5) is 16.6 Å². The lowest BCUT2D eigenvalue weighted by Gasteiger charge is -2.39. The zero-order chi connectivity index (χ0) is 24.9. The molecule has 10 heteroatoms. The number of rotatable bonds is 7. The zero-order valence-electron chi connectivity index (χ0n) is 20.0. The minimum atomic E-state index is -0.213. The van der Waals surface area contributed by atoms with Gasteiger partial charge in [-0.3, -0.25) is 14.7 Å². The van der Waals surface area contributed by atoms with E-state index >= 15 is 0 Å². The molecule has 0 spiro atoms. The first kappa shape index (κ1) is 23.9. The van der Waals surface area contributed by atoms with Crippen LogP contribution >= 0.6 is 0 Å². The van der Waals surface area contributed by atoms with Crippen molar-refractivity contribution in [2.75, 3.05) is 30.4 Å². The van der Waals surface area contributed by atoms with Gasteiger partial charge in [-0.1, -0.05) is 36.9 Å². The monoisotopic (exact) mass is 474 g/mol. The molecule has 1 aromatic heterocycles. The third kappa shape index (κ3) is 5.16. The molecule has 3 N–H and O–H groups in total. The topological polar surface area (TPSA) is 120 Å². The Balaban J connectivity index is 1.69. The van der Waals surface area contributed by atoms with Gasteiger partial charge in [0.05, 0.1) is 18.3 Å². The minimum absolute atomic E-state index is 0.143. The summed E-state index contributed by atoms with van der Waals surface area (Å²) in [5, 5.41) is 3.10. The molecule has 35 heavy (non-hydrogen) atoms. The molecule has 10 nitrogen and oxygen atoms in total. The van der Waals surface area contributed by atoms with Crippen LogP contribution in [0.15, 0.2) is 65.6 Å². The summed E-state index contributed by atoms with van der Waals surface area (Å²) in [4.78, 5) is 44.4. The number of hydrogen-bond donors (Lipinski definition) is 2. The molecule has 4 rings (SSSR count). The normalized spacial score (nSPS) is 18.5. The number of nitrogens with one attached hydrogen (secondary N) is 1. The molecule has 2 aliphatic heterocycles. The second-order valence-corrected chi connectivity index (χ2v) is 8.58. The lowest BCUT2D eigenvalue weighted by Crippen LogP contribution is -2.52. The molecular weight excluding hydrogens is 444 g/mol. The summed E-state index contributed by atoms with van der Waals surface area (Å²) >= 11 is 0. The van der Waals surface area contributed by atoms with Gasteiger partial charge in [0.25, 0.3) is 0 Å². The van der Waals surface area contributed by atoms with Crippen molar-refractivity contribution in [3.63, 3.8) is 0 Å². The Bertz CT molecular complexity index is 1170. The number of carbonyl (C=O) groups is 2. The number of nitrogens with zero attached hydrogens (tertiary/aromatic N) is 6. The number of likely N-dealkylation sites (tertiary alicyclic amines) is 1. The molecule has 0 bridgehead atoms. The average molecular weight is 475 g/mol. The van der Waals surface area contributed by atoms with Crippen LogP contribution in [-0.2, 0) is 17.9 Å². The first-order valence-electron chi connectivity index (χ1n) is 11.5. The first-order chi connectivity index (χ1) is 16.9. The maximum atomic E-state index is 13.8. The highest BCUT2D eigenvalue weighted by molar-refractivity contribution is 5.95. The Labute approximate surface area is 204 Å². The summed E-state index contributed by atoms with van der Waals surface area (Å²) in [6.45, 7) is 7.15. The standard InChI is InChI=1S/C25H30N8O2/c1-4-22(34)31-11-10-20(16-31)33-23-19(12-28-24(30-23)29-21(13-27-3)17(2)26)15-32(25(33)35)14-18-8-6-5-7-9-18/h4-9,12-13,20H,1,10-11,14-16,26H2,2-3H3,(H,28,29,30)/b21-17+,27-13?/t20-/m1/s1. The molecule has 3 amide bonds. The van der Waals surface area contributed by atoms with Crippen molar-refractivity contribution >= 4 is 29.9 Å². The van der Waals surface area contributed by atoms with E-state index in [0.29, 0.717) is 55.8 Å². The van der Waals surface area contributed by atoms with E-state index in [1.165, 1.54) is 6.08 Å². The van der Waals surface area contributed by atoms with E-state index in [1.54, 1.807) is 41.1 Å². The van der Waals surface area contributed by atoms with Crippen LogP contribution in [0, 0.1) is 0 Å². The lowest BCUT2D eigenvalue weighted by molar-refractivity contribution is -0.125. The van der Waals surface area contributed by atoms with Crippen LogP contribution in [0.25, 0.3) is 0 Å². The van der Waals surface area contributed by atoms with E-state index in [2.05, 4.69) is 21.9 Å². The second-order valence-electron chi connectivity index (χ2n) is 8.58. The van der Waals surface area contributed by atoms with Gasteiger partial charge in [-0.15, -0.1) is 0 Å². The third-order valence-corrected chi connectivity index (χ3v) is 6.07. The van der Waals surface area contributed by atoms with Crippen molar-refractivity contribution in [3.05, 3.63) is 71.7 Å². The third-order valence-electron chi connectivity index (χ3n) is 6.07. The van der Waals surface area contributed by atoms with Gasteiger partial charge >= 0.3 is 6.03 Å². The Kier molecular flexibility index (Phi) is 7.09. The van der Waals surface area contributed by atoms with Crippen LogP contribution in [-0.4, -0.2) is 64.1 Å². The molecule has 1 saturated heterocycles. The van der Waals surface area contributed by atoms with Gasteiger partial charge in [0, 0.05) is 50.4 Å². The highest BCUT2D eigenvalue weighted by atomic mass is 16.2. The highest BCUT2D eigenvalue weighted by Crippen LogP contribution is 2.33. The number of anilines is 2. The summed E-state index contributed by atoms with van der Waals surface area (Å²) in [6.07, 6.45) is 5.28. The summed E-state index contributed by atoms with van der Waals surface area (Å²) < 4.78 is 0. The van der Waals surface area contributed by atoms with E-state index < -0.39 is 0 Å². The van der Waals surface area contributed by atoms with E-state index in [0.717, 1.165) is 11.1 Å². The minimum Gasteiger partial charge on any atom is -0.401 e. The predicted octanol–water partition coefficient (Wildman–Crippen LogP) is 2.51. The lowest BCUT2D eigenvalue weighted by atomic mass is 10.1. The number of benzene rings is 1. The van der Waals surface area contributed by atoms with Crippen molar-refractivity contribution in [2.45, 2.75) is 32.5 Å². The molecular formula is C25H30N8O2. The van der Waals surface area contributed by atoms with Gasteiger partial charge in [-0.25, -0.2) is 9.78 Å². The highest BCUT2D eigenvalue weighted by Gasteiger charge is 2.40. The summed E-state index contributed by atoms with van der Waals surface area (Å²) in [7, 11) is 1.65. The van der Waals surface area contributed by atoms with Crippen LogP contribution in [0.1, 0.15) is 24.5 Å². The predicted molar refractivity (Wildman–Crippen MR) is 136 cm³/mol. The van der Waals surface area contributed by atoms with Crippen molar-refractivity contribution in [3.8, 4) is 0 Å². The summed E-state index contributed by atoms with van der Waals surface area (Å²) in [6, 6.07) is 9.49. The molecule has 3 heterocycles.